The van der Waals surface area contributed by atoms with Gasteiger partial charge in [-0.2, -0.15) is 5.26 Å². The predicted molar refractivity (Wildman–Crippen MR) is 78.0 cm³/mol. The molecule has 0 aliphatic rings. The topological polar surface area (TPSA) is 44.1 Å². The van der Waals surface area contributed by atoms with Crippen LogP contribution in [0.1, 0.15) is 18.9 Å². The average molecular weight is 297 g/mol. The highest BCUT2D eigenvalue weighted by Gasteiger charge is 2.07. The monoisotopic (exact) mass is 296 g/mol. The second kappa shape index (κ2) is 7.83. The molecule has 0 aliphatic heterocycles. The zero-order valence-electron chi connectivity index (χ0n) is 10.6. The van der Waals surface area contributed by atoms with Gasteiger partial charge in [0.2, 0.25) is 5.91 Å². The van der Waals surface area contributed by atoms with Crippen LogP contribution in [0.5, 0.6) is 0 Å². The Labute approximate surface area is 123 Å². The summed E-state index contributed by atoms with van der Waals surface area (Å²) in [5.74, 6) is -0.121. The standard InChI is InChI=1S/C14H14Cl2N2O/c1-2-18(9-3-8-17)14(19)7-5-11-4-6-12(15)13(16)10-11/h4-7,10H,2-3,9H2,1H3/b7-5+. The van der Waals surface area contributed by atoms with Gasteiger partial charge >= 0.3 is 0 Å². The first-order valence-corrected chi connectivity index (χ1v) is 6.63. The van der Waals surface area contributed by atoms with E-state index in [1.54, 1.807) is 29.2 Å². The summed E-state index contributed by atoms with van der Waals surface area (Å²) in [6, 6.07) is 7.18. The Morgan fingerprint density at radius 1 is 1.42 bits per heavy atom. The Balaban J connectivity index is 2.71. The molecule has 1 rings (SSSR count). The second-order valence-corrected chi connectivity index (χ2v) is 4.65. The van der Waals surface area contributed by atoms with Crippen LogP contribution in [0.2, 0.25) is 10.0 Å². The molecule has 0 unspecified atom stereocenters. The van der Waals surface area contributed by atoms with Gasteiger partial charge < -0.3 is 4.90 Å². The van der Waals surface area contributed by atoms with Crippen molar-refractivity contribution in [1.82, 2.24) is 4.90 Å². The van der Waals surface area contributed by atoms with E-state index in [1.807, 2.05) is 13.0 Å². The normalized spacial score (nSPS) is 10.4. The van der Waals surface area contributed by atoms with E-state index in [1.165, 1.54) is 6.08 Å². The van der Waals surface area contributed by atoms with Crippen LogP contribution >= 0.6 is 23.2 Å². The first-order valence-electron chi connectivity index (χ1n) is 5.87. The van der Waals surface area contributed by atoms with Crippen LogP contribution in [0, 0.1) is 11.3 Å². The number of hydrogen-bond donors (Lipinski definition) is 0. The summed E-state index contributed by atoms with van der Waals surface area (Å²) in [4.78, 5) is 13.5. The number of rotatable bonds is 5. The van der Waals surface area contributed by atoms with Gasteiger partial charge in [-0.1, -0.05) is 29.3 Å². The molecule has 3 nitrogen and oxygen atoms in total. The van der Waals surface area contributed by atoms with Crippen molar-refractivity contribution < 1.29 is 4.79 Å². The maximum Gasteiger partial charge on any atom is 0.246 e. The number of carbonyl (C=O) groups is 1. The van der Waals surface area contributed by atoms with Crippen LogP contribution < -0.4 is 0 Å². The molecular formula is C14H14Cl2N2O. The molecule has 0 aliphatic carbocycles. The fourth-order valence-corrected chi connectivity index (χ4v) is 1.80. The third kappa shape index (κ3) is 4.94. The van der Waals surface area contributed by atoms with Gasteiger partial charge in [0, 0.05) is 19.2 Å². The summed E-state index contributed by atoms with van der Waals surface area (Å²) >= 11 is 11.7. The Bertz CT molecular complexity index is 521. The first-order chi connectivity index (χ1) is 9.08. The lowest BCUT2D eigenvalue weighted by atomic mass is 10.2. The molecule has 100 valence electrons. The second-order valence-electron chi connectivity index (χ2n) is 3.83. The lowest BCUT2D eigenvalue weighted by Gasteiger charge is -2.17. The van der Waals surface area contributed by atoms with Crippen molar-refractivity contribution >= 4 is 35.2 Å². The minimum atomic E-state index is -0.121. The van der Waals surface area contributed by atoms with Crippen molar-refractivity contribution in [3.63, 3.8) is 0 Å². The number of halogens is 2. The van der Waals surface area contributed by atoms with Crippen molar-refractivity contribution in [2.24, 2.45) is 0 Å². The summed E-state index contributed by atoms with van der Waals surface area (Å²) in [6.45, 7) is 2.89. The molecule has 1 amide bonds. The Morgan fingerprint density at radius 2 is 2.16 bits per heavy atom. The highest BCUT2D eigenvalue weighted by Crippen LogP contribution is 2.23. The Hall–Kier alpha value is -1.50. The summed E-state index contributed by atoms with van der Waals surface area (Å²) in [5.41, 5.74) is 0.805. The number of benzene rings is 1. The highest BCUT2D eigenvalue weighted by atomic mass is 35.5. The van der Waals surface area contributed by atoms with Crippen LogP contribution in [0.25, 0.3) is 6.08 Å². The van der Waals surface area contributed by atoms with Gasteiger partial charge in [-0.3, -0.25) is 4.79 Å². The van der Waals surface area contributed by atoms with Gasteiger partial charge in [0.25, 0.3) is 0 Å². The fourth-order valence-electron chi connectivity index (χ4n) is 1.50. The van der Waals surface area contributed by atoms with Crippen molar-refractivity contribution in [2.45, 2.75) is 13.3 Å². The molecule has 1 aromatic rings. The maximum absolute atomic E-state index is 11.9. The van der Waals surface area contributed by atoms with E-state index in [0.717, 1.165) is 5.56 Å². The van der Waals surface area contributed by atoms with E-state index in [0.29, 0.717) is 29.6 Å². The minimum absolute atomic E-state index is 0.121. The smallest absolute Gasteiger partial charge is 0.246 e. The third-order valence-electron chi connectivity index (χ3n) is 2.55. The molecule has 0 saturated heterocycles. The Morgan fingerprint density at radius 3 is 2.74 bits per heavy atom. The molecule has 0 fully saturated rings. The van der Waals surface area contributed by atoms with Gasteiger partial charge in [-0.05, 0) is 30.7 Å². The van der Waals surface area contributed by atoms with Crippen LogP contribution in [0.3, 0.4) is 0 Å². The molecular weight excluding hydrogens is 283 g/mol. The summed E-state index contributed by atoms with van der Waals surface area (Å²) in [7, 11) is 0. The van der Waals surface area contributed by atoms with Gasteiger partial charge in [-0.15, -0.1) is 0 Å². The molecule has 0 heterocycles. The van der Waals surface area contributed by atoms with E-state index in [2.05, 4.69) is 0 Å². The number of nitriles is 1. The highest BCUT2D eigenvalue weighted by molar-refractivity contribution is 6.42. The van der Waals surface area contributed by atoms with E-state index >= 15 is 0 Å². The molecule has 5 heteroatoms. The summed E-state index contributed by atoms with van der Waals surface area (Å²) in [5, 5.41) is 9.46. The van der Waals surface area contributed by atoms with Gasteiger partial charge in [0.05, 0.1) is 22.5 Å². The van der Waals surface area contributed by atoms with Gasteiger partial charge in [-0.25, -0.2) is 0 Å². The van der Waals surface area contributed by atoms with Crippen molar-refractivity contribution in [1.29, 1.82) is 5.26 Å². The van der Waals surface area contributed by atoms with E-state index in [-0.39, 0.29) is 5.91 Å². The molecule has 0 saturated carbocycles. The Kier molecular flexibility index (Phi) is 6.41. The lowest BCUT2D eigenvalue weighted by molar-refractivity contribution is -0.125. The van der Waals surface area contributed by atoms with Gasteiger partial charge in [0.15, 0.2) is 0 Å². The molecule has 1 aromatic carbocycles. The molecule has 19 heavy (non-hydrogen) atoms. The number of carbonyl (C=O) groups excluding carboxylic acids is 1. The first kappa shape index (κ1) is 15.6. The number of amides is 1. The molecule has 0 radical (unpaired) electrons. The van der Waals surface area contributed by atoms with Crippen LogP contribution in [-0.4, -0.2) is 23.9 Å². The minimum Gasteiger partial charge on any atom is -0.338 e. The number of hydrogen-bond acceptors (Lipinski definition) is 2. The van der Waals surface area contributed by atoms with Crippen LogP contribution in [-0.2, 0) is 4.79 Å². The third-order valence-corrected chi connectivity index (χ3v) is 3.29. The fraction of sp³-hybridized carbons (Fsp3) is 0.286. The van der Waals surface area contributed by atoms with Gasteiger partial charge in [0.1, 0.15) is 0 Å². The molecule has 0 bridgehead atoms. The number of likely N-dealkylation sites (N-methyl/N-ethyl adjacent to an activating group) is 1. The summed E-state index contributed by atoms with van der Waals surface area (Å²) < 4.78 is 0. The molecule has 0 spiro atoms. The largest absolute Gasteiger partial charge is 0.338 e. The van der Waals surface area contributed by atoms with Crippen LogP contribution in [0.4, 0.5) is 0 Å². The average Bonchev–Trinajstić information content (AvgIpc) is 2.41. The van der Waals surface area contributed by atoms with Crippen molar-refractivity contribution in [2.75, 3.05) is 13.1 Å². The zero-order chi connectivity index (χ0) is 14.3. The van der Waals surface area contributed by atoms with E-state index in [4.69, 9.17) is 28.5 Å². The van der Waals surface area contributed by atoms with Crippen molar-refractivity contribution in [3.05, 3.63) is 39.9 Å². The molecule has 0 N–H and O–H groups in total. The molecule has 0 aromatic heterocycles. The van der Waals surface area contributed by atoms with Crippen LogP contribution in [0.15, 0.2) is 24.3 Å². The quantitative estimate of drug-likeness (QED) is 0.776. The predicted octanol–water partition coefficient (Wildman–Crippen LogP) is 3.77. The SMILES string of the molecule is CCN(CCC#N)C(=O)/C=C/c1ccc(Cl)c(Cl)c1. The number of nitrogens with zero attached hydrogens (tertiary/aromatic N) is 2. The lowest BCUT2D eigenvalue weighted by Crippen LogP contribution is -2.29. The molecule has 0 atom stereocenters. The summed E-state index contributed by atoms with van der Waals surface area (Å²) in [6.07, 6.45) is 3.49. The van der Waals surface area contributed by atoms with E-state index < -0.39 is 0 Å². The van der Waals surface area contributed by atoms with Crippen molar-refractivity contribution in [3.8, 4) is 6.07 Å². The zero-order valence-corrected chi connectivity index (χ0v) is 12.1. The maximum atomic E-state index is 11.9. The van der Waals surface area contributed by atoms with E-state index in [9.17, 15) is 4.79 Å².